The van der Waals surface area contributed by atoms with Gasteiger partial charge in [-0.2, -0.15) is 0 Å². The van der Waals surface area contributed by atoms with Crippen LogP contribution in [0.25, 0.3) is 0 Å². The molecule has 5 aromatic rings. The van der Waals surface area contributed by atoms with Crippen molar-refractivity contribution >= 4 is 50.7 Å². The molecule has 0 heterocycles. The fraction of sp³-hybridized carbons (Fsp3) is 0.256. The number of anilines is 1. The second-order valence-electron chi connectivity index (χ2n) is 13.5. The van der Waals surface area contributed by atoms with Crippen molar-refractivity contribution < 1.29 is 22.7 Å². The smallest absolute Gasteiger partial charge is 0.264 e. The zero-order valence-corrected chi connectivity index (χ0v) is 32.4. The van der Waals surface area contributed by atoms with E-state index < -0.39 is 28.5 Å². The lowest BCUT2D eigenvalue weighted by atomic mass is 9.94. The van der Waals surface area contributed by atoms with Crippen LogP contribution >= 0.6 is 23.2 Å². The van der Waals surface area contributed by atoms with Gasteiger partial charge < -0.3 is 15.0 Å². The number of ether oxygens (including phenoxy) is 1. The molecule has 0 saturated heterocycles. The van der Waals surface area contributed by atoms with Gasteiger partial charge in [-0.25, -0.2) is 8.42 Å². The van der Waals surface area contributed by atoms with Gasteiger partial charge in [0.2, 0.25) is 11.8 Å². The molecule has 0 aromatic heterocycles. The Bertz CT molecular complexity index is 2130. The van der Waals surface area contributed by atoms with E-state index in [2.05, 4.69) is 5.32 Å². The predicted molar refractivity (Wildman–Crippen MR) is 215 cm³/mol. The van der Waals surface area contributed by atoms with Crippen LogP contribution < -0.4 is 14.4 Å². The predicted octanol–water partition coefficient (Wildman–Crippen LogP) is 9.38. The van der Waals surface area contributed by atoms with Gasteiger partial charge in [0.25, 0.3) is 10.0 Å². The highest BCUT2D eigenvalue weighted by molar-refractivity contribution is 7.92. The number of nitrogens with zero attached hydrogens (tertiary/aromatic N) is 2. The summed E-state index contributed by atoms with van der Waals surface area (Å²) in [5.74, 6) is 0.225. The van der Waals surface area contributed by atoms with Gasteiger partial charge in [-0.3, -0.25) is 13.9 Å². The highest BCUT2D eigenvalue weighted by atomic mass is 35.5. The molecule has 1 N–H and O–H groups in total. The van der Waals surface area contributed by atoms with Gasteiger partial charge >= 0.3 is 0 Å². The van der Waals surface area contributed by atoms with E-state index in [1.807, 2.05) is 67.6 Å². The van der Waals surface area contributed by atoms with Gasteiger partial charge in [-0.15, -0.1) is 0 Å². The molecule has 6 rings (SSSR count). The first-order chi connectivity index (χ1) is 26.1. The van der Waals surface area contributed by atoms with E-state index in [1.165, 1.54) is 17.0 Å². The maximum atomic E-state index is 14.9. The summed E-state index contributed by atoms with van der Waals surface area (Å²) in [6.45, 7) is 1.21. The molecule has 1 aliphatic carbocycles. The number of carbonyl (C=O) groups excluding carboxylic acids is 2. The number of carbonyl (C=O) groups is 2. The average Bonchev–Trinajstić information content (AvgIpc) is 3.17. The third kappa shape index (κ3) is 10.0. The van der Waals surface area contributed by atoms with Crippen LogP contribution in [0.4, 0.5) is 5.69 Å². The lowest BCUT2D eigenvalue weighted by Gasteiger charge is -2.35. The molecule has 0 unspecified atom stereocenters. The molecule has 0 bridgehead atoms. The van der Waals surface area contributed by atoms with Crippen molar-refractivity contribution in [1.82, 2.24) is 10.2 Å². The molecule has 1 atom stereocenters. The summed E-state index contributed by atoms with van der Waals surface area (Å²) in [7, 11) is -4.28. The van der Waals surface area contributed by atoms with Crippen LogP contribution in [0.15, 0.2) is 132 Å². The number of nitrogens with one attached hydrogen (secondary N) is 1. The van der Waals surface area contributed by atoms with Crippen molar-refractivity contribution in [1.29, 1.82) is 0 Å². The second-order valence-corrected chi connectivity index (χ2v) is 16.2. The lowest BCUT2D eigenvalue weighted by Crippen LogP contribution is -2.55. The van der Waals surface area contributed by atoms with E-state index in [0.29, 0.717) is 27.1 Å². The molecule has 5 aromatic carbocycles. The normalized spacial score (nSPS) is 13.8. The standard InChI is InChI=1S/C43H43Cl2N3O5S/c1-31-17-25-39(26-18-31)54(51,52)48(36-21-23-38(24-22-36)53-37-15-9-4-10-16-37)30-42(49)47(29-33-19-20-34(44)28-40(33)45)41(27-32-11-5-2-6-12-32)43(50)46-35-13-7-3-8-14-35/h2,4-6,9-12,15-26,28,35,41H,3,7-8,13-14,27,29-30H2,1H3,(H,46,50)/t41-/m1/s1. The fourth-order valence-corrected chi connectivity index (χ4v) is 8.49. The Kier molecular flexibility index (Phi) is 13.0. The quantitative estimate of drug-likeness (QED) is 0.121. The number of halogens is 2. The Balaban J connectivity index is 1.40. The number of aryl methyl sites for hydroxylation is 1. The van der Waals surface area contributed by atoms with Gasteiger partial charge in [0, 0.05) is 29.1 Å². The van der Waals surface area contributed by atoms with Crippen LogP contribution in [-0.4, -0.2) is 43.8 Å². The van der Waals surface area contributed by atoms with Crippen LogP contribution in [-0.2, 0) is 32.6 Å². The molecular formula is C43H43Cl2N3O5S. The average molecular weight is 785 g/mol. The highest BCUT2D eigenvalue weighted by Crippen LogP contribution is 2.30. The highest BCUT2D eigenvalue weighted by Gasteiger charge is 2.36. The molecule has 280 valence electrons. The van der Waals surface area contributed by atoms with E-state index >= 15 is 0 Å². The van der Waals surface area contributed by atoms with Crippen LogP contribution in [0.3, 0.4) is 0 Å². The number of sulfonamides is 1. The zero-order chi connectivity index (χ0) is 38.1. The fourth-order valence-electron chi connectivity index (χ4n) is 6.60. The Morgan fingerprint density at radius 1 is 0.796 bits per heavy atom. The molecule has 8 nitrogen and oxygen atoms in total. The summed E-state index contributed by atoms with van der Waals surface area (Å²) in [6.07, 6.45) is 5.05. The van der Waals surface area contributed by atoms with Crippen molar-refractivity contribution in [3.63, 3.8) is 0 Å². The summed E-state index contributed by atoms with van der Waals surface area (Å²) in [6, 6.07) is 35.7. The van der Waals surface area contributed by atoms with Crippen LogP contribution in [0.5, 0.6) is 11.5 Å². The van der Waals surface area contributed by atoms with Crippen molar-refractivity contribution in [2.75, 3.05) is 10.8 Å². The SMILES string of the molecule is Cc1ccc(S(=O)(=O)N(CC(=O)N(Cc2ccc(Cl)cc2Cl)[C@H](Cc2ccccc2)C(=O)NC2CCCCC2)c2ccc(Oc3ccccc3)cc2)cc1. The summed E-state index contributed by atoms with van der Waals surface area (Å²) >= 11 is 12.9. The summed E-state index contributed by atoms with van der Waals surface area (Å²) in [5, 5.41) is 3.97. The van der Waals surface area contributed by atoms with E-state index in [-0.39, 0.29) is 35.5 Å². The van der Waals surface area contributed by atoms with Gasteiger partial charge in [0.05, 0.1) is 10.6 Å². The van der Waals surface area contributed by atoms with Crippen molar-refractivity contribution in [2.45, 2.75) is 69.0 Å². The summed E-state index contributed by atoms with van der Waals surface area (Å²) in [4.78, 5) is 30.8. The minimum absolute atomic E-state index is 0.0179. The van der Waals surface area contributed by atoms with Gasteiger partial charge in [-0.05, 0) is 91.6 Å². The van der Waals surface area contributed by atoms with Gasteiger partial charge in [0.15, 0.2) is 0 Å². The third-order valence-corrected chi connectivity index (χ3v) is 11.9. The first-order valence-electron chi connectivity index (χ1n) is 18.1. The molecule has 1 saturated carbocycles. The Morgan fingerprint density at radius 3 is 2.07 bits per heavy atom. The number of hydrogen-bond donors (Lipinski definition) is 1. The second kappa shape index (κ2) is 18.0. The molecular weight excluding hydrogens is 741 g/mol. The molecule has 1 aliphatic rings. The summed E-state index contributed by atoms with van der Waals surface area (Å²) < 4.78 is 36.0. The van der Waals surface area contributed by atoms with Crippen LogP contribution in [0.1, 0.15) is 48.8 Å². The Hall–Kier alpha value is -4.83. The maximum Gasteiger partial charge on any atom is 0.264 e. The topological polar surface area (TPSA) is 96.0 Å². The summed E-state index contributed by atoms with van der Waals surface area (Å²) in [5.41, 5.74) is 2.55. The minimum atomic E-state index is -4.28. The lowest BCUT2D eigenvalue weighted by molar-refractivity contribution is -0.140. The van der Waals surface area contributed by atoms with Crippen molar-refractivity contribution in [3.8, 4) is 11.5 Å². The monoisotopic (exact) mass is 783 g/mol. The van der Waals surface area contributed by atoms with Crippen LogP contribution in [0, 0.1) is 6.92 Å². The molecule has 1 fully saturated rings. The number of amides is 2. The van der Waals surface area contributed by atoms with E-state index in [0.717, 1.165) is 47.5 Å². The first-order valence-corrected chi connectivity index (χ1v) is 20.3. The molecule has 11 heteroatoms. The van der Waals surface area contributed by atoms with Crippen LogP contribution in [0.2, 0.25) is 10.0 Å². The molecule has 2 amide bonds. The number of rotatable bonds is 14. The molecule has 0 spiro atoms. The van der Waals surface area contributed by atoms with Gasteiger partial charge in [0.1, 0.15) is 24.1 Å². The Morgan fingerprint density at radius 2 is 1.43 bits per heavy atom. The van der Waals surface area contributed by atoms with E-state index in [4.69, 9.17) is 27.9 Å². The minimum Gasteiger partial charge on any atom is -0.457 e. The molecule has 54 heavy (non-hydrogen) atoms. The Labute approximate surface area is 327 Å². The largest absolute Gasteiger partial charge is 0.457 e. The molecule has 0 aliphatic heterocycles. The maximum absolute atomic E-state index is 14.9. The van der Waals surface area contributed by atoms with E-state index in [1.54, 1.807) is 54.6 Å². The van der Waals surface area contributed by atoms with E-state index in [9.17, 15) is 18.0 Å². The zero-order valence-electron chi connectivity index (χ0n) is 30.0. The molecule has 0 radical (unpaired) electrons. The number of benzene rings is 5. The third-order valence-electron chi connectivity index (χ3n) is 9.57. The number of hydrogen-bond acceptors (Lipinski definition) is 5. The number of para-hydroxylation sites is 1. The van der Waals surface area contributed by atoms with Crippen molar-refractivity contribution in [3.05, 3.63) is 154 Å². The first kappa shape index (κ1) is 38.9. The van der Waals surface area contributed by atoms with Gasteiger partial charge in [-0.1, -0.05) is 115 Å². The van der Waals surface area contributed by atoms with Crippen molar-refractivity contribution in [2.24, 2.45) is 0 Å².